The summed E-state index contributed by atoms with van der Waals surface area (Å²) in [5.41, 5.74) is 1.66. The van der Waals surface area contributed by atoms with Crippen molar-refractivity contribution in [2.45, 2.75) is 26.8 Å². The standard InChI is InChI=1S/C12H13N5O2S/c1-5-4-8(20-7(5)3)10-9(11(18)19)6(2)13-12-14-15-16-17(10)12/h4,9-10H,1-3H3,(H,18,19). The molecule has 0 spiro atoms. The molecular formula is C12H13N5O2S. The van der Waals surface area contributed by atoms with Gasteiger partial charge >= 0.3 is 5.97 Å². The second kappa shape index (κ2) is 4.48. The van der Waals surface area contributed by atoms with Crippen molar-refractivity contribution in [3.05, 3.63) is 21.4 Å². The molecule has 1 N–H and O–H groups in total. The molecule has 0 amide bonds. The van der Waals surface area contributed by atoms with Gasteiger partial charge in [0.05, 0.1) is 0 Å². The van der Waals surface area contributed by atoms with Gasteiger partial charge in [-0.25, -0.2) is 9.67 Å². The Bertz CT molecular complexity index is 698. The summed E-state index contributed by atoms with van der Waals surface area (Å²) in [6.07, 6.45) is 0. The maximum atomic E-state index is 11.6. The van der Waals surface area contributed by atoms with Crippen LogP contribution in [0.5, 0.6) is 0 Å². The highest BCUT2D eigenvalue weighted by atomic mass is 32.1. The Kier molecular flexibility index (Phi) is 2.89. The number of aliphatic imine (C=N–C) groups is 1. The molecule has 2 unspecified atom stereocenters. The average molecular weight is 291 g/mol. The largest absolute Gasteiger partial charge is 0.481 e. The molecule has 8 heteroatoms. The predicted octanol–water partition coefficient (Wildman–Crippen LogP) is 1.75. The quantitative estimate of drug-likeness (QED) is 0.909. The number of thiophene rings is 1. The minimum absolute atomic E-state index is 0.355. The monoisotopic (exact) mass is 291 g/mol. The third-order valence-electron chi connectivity index (χ3n) is 3.52. The maximum absolute atomic E-state index is 11.6. The number of aliphatic carboxylic acids is 1. The van der Waals surface area contributed by atoms with Crippen molar-refractivity contribution in [2.24, 2.45) is 10.9 Å². The molecule has 0 saturated heterocycles. The molecule has 2 aromatic rings. The van der Waals surface area contributed by atoms with Crippen molar-refractivity contribution in [2.75, 3.05) is 0 Å². The van der Waals surface area contributed by atoms with Crippen molar-refractivity contribution in [1.82, 2.24) is 20.2 Å². The highest BCUT2D eigenvalue weighted by Gasteiger charge is 2.40. The van der Waals surface area contributed by atoms with Gasteiger partial charge in [0.2, 0.25) is 0 Å². The van der Waals surface area contributed by atoms with Gasteiger partial charge < -0.3 is 5.11 Å². The van der Waals surface area contributed by atoms with Crippen molar-refractivity contribution in [3.63, 3.8) is 0 Å². The van der Waals surface area contributed by atoms with Gasteiger partial charge in [-0.1, -0.05) is 5.10 Å². The van der Waals surface area contributed by atoms with E-state index in [4.69, 9.17) is 0 Å². The molecule has 0 saturated carbocycles. The zero-order valence-corrected chi connectivity index (χ0v) is 12.0. The molecule has 3 rings (SSSR count). The number of nitrogens with zero attached hydrogens (tertiary/aromatic N) is 5. The fourth-order valence-corrected chi connectivity index (χ4v) is 3.55. The fourth-order valence-electron chi connectivity index (χ4n) is 2.39. The summed E-state index contributed by atoms with van der Waals surface area (Å²) in [5.74, 6) is -1.31. The summed E-state index contributed by atoms with van der Waals surface area (Å²) in [5, 5.41) is 20.9. The summed E-state index contributed by atoms with van der Waals surface area (Å²) in [6.45, 7) is 5.73. The average Bonchev–Trinajstić information content (AvgIpc) is 2.94. The zero-order valence-electron chi connectivity index (χ0n) is 11.2. The summed E-state index contributed by atoms with van der Waals surface area (Å²) in [6, 6.07) is 1.57. The van der Waals surface area contributed by atoms with Crippen LogP contribution in [0.15, 0.2) is 11.1 Å². The molecule has 0 bridgehead atoms. The molecule has 0 radical (unpaired) electrons. The highest BCUT2D eigenvalue weighted by Crippen LogP contribution is 2.38. The summed E-state index contributed by atoms with van der Waals surface area (Å²) >= 11 is 1.58. The second-order valence-corrected chi connectivity index (χ2v) is 6.11. The van der Waals surface area contributed by atoms with Crippen LogP contribution < -0.4 is 0 Å². The van der Waals surface area contributed by atoms with E-state index >= 15 is 0 Å². The minimum Gasteiger partial charge on any atom is -0.481 e. The Labute approximate surface area is 119 Å². The Morgan fingerprint density at radius 3 is 2.75 bits per heavy atom. The van der Waals surface area contributed by atoms with E-state index in [1.807, 2.05) is 19.9 Å². The predicted molar refractivity (Wildman–Crippen MR) is 73.6 cm³/mol. The first-order valence-corrected chi connectivity index (χ1v) is 6.93. The molecule has 0 aliphatic carbocycles. The van der Waals surface area contributed by atoms with Crippen LogP contribution in [0.4, 0.5) is 5.95 Å². The van der Waals surface area contributed by atoms with Gasteiger partial charge in [0.1, 0.15) is 12.0 Å². The topological polar surface area (TPSA) is 93.3 Å². The minimum atomic E-state index is -0.916. The van der Waals surface area contributed by atoms with E-state index in [1.165, 1.54) is 9.56 Å². The fraction of sp³-hybridized carbons (Fsp3) is 0.417. The number of carboxylic acid groups (broad SMARTS) is 1. The normalized spacial score (nSPS) is 21.4. The molecule has 0 aromatic carbocycles. The molecule has 20 heavy (non-hydrogen) atoms. The van der Waals surface area contributed by atoms with Gasteiger partial charge in [0, 0.05) is 15.5 Å². The van der Waals surface area contributed by atoms with Gasteiger partial charge in [-0.05, 0) is 42.8 Å². The SMILES string of the molecule is CC1=Nc2nnnn2C(c2cc(C)c(C)s2)C1C(=O)O. The third kappa shape index (κ3) is 1.83. The highest BCUT2D eigenvalue weighted by molar-refractivity contribution is 7.12. The Morgan fingerprint density at radius 2 is 2.15 bits per heavy atom. The van der Waals surface area contributed by atoms with E-state index in [-0.39, 0.29) is 0 Å². The van der Waals surface area contributed by atoms with Gasteiger partial charge in [0.25, 0.3) is 5.95 Å². The van der Waals surface area contributed by atoms with E-state index in [0.717, 1.165) is 10.4 Å². The van der Waals surface area contributed by atoms with E-state index < -0.39 is 17.9 Å². The van der Waals surface area contributed by atoms with Crippen LogP contribution in [0.3, 0.4) is 0 Å². The number of fused-ring (bicyclic) bond motifs is 1. The number of carboxylic acids is 1. The lowest BCUT2D eigenvalue weighted by Gasteiger charge is -2.26. The van der Waals surface area contributed by atoms with Gasteiger partial charge in [0.15, 0.2) is 0 Å². The van der Waals surface area contributed by atoms with Gasteiger partial charge in [-0.15, -0.1) is 11.3 Å². The van der Waals surface area contributed by atoms with Crippen LogP contribution >= 0.6 is 11.3 Å². The lowest BCUT2D eigenvalue weighted by Crippen LogP contribution is -2.35. The number of tetrazole rings is 1. The molecule has 2 atom stereocenters. The second-order valence-electron chi connectivity index (χ2n) is 4.83. The van der Waals surface area contributed by atoms with E-state index in [9.17, 15) is 9.90 Å². The Morgan fingerprint density at radius 1 is 1.40 bits per heavy atom. The first kappa shape index (κ1) is 12.9. The maximum Gasteiger partial charge on any atom is 0.314 e. The number of hydrogen-bond donors (Lipinski definition) is 1. The lowest BCUT2D eigenvalue weighted by atomic mass is 9.92. The molecule has 1 aliphatic rings. The van der Waals surface area contributed by atoms with Crippen molar-refractivity contribution in [3.8, 4) is 0 Å². The van der Waals surface area contributed by atoms with Gasteiger partial charge in [-0.2, -0.15) is 0 Å². The summed E-state index contributed by atoms with van der Waals surface area (Å²) in [4.78, 5) is 17.9. The van der Waals surface area contributed by atoms with Crippen LogP contribution in [0, 0.1) is 19.8 Å². The van der Waals surface area contributed by atoms with E-state index in [2.05, 4.69) is 20.5 Å². The number of carbonyl (C=O) groups is 1. The number of aryl methyl sites for hydroxylation is 2. The smallest absolute Gasteiger partial charge is 0.314 e. The lowest BCUT2D eigenvalue weighted by molar-refractivity contribution is -0.140. The number of rotatable bonds is 2. The molecule has 0 fully saturated rings. The summed E-state index contributed by atoms with van der Waals surface area (Å²) < 4.78 is 1.50. The van der Waals surface area contributed by atoms with Crippen molar-refractivity contribution < 1.29 is 9.90 Å². The number of hydrogen-bond acceptors (Lipinski definition) is 6. The summed E-state index contributed by atoms with van der Waals surface area (Å²) in [7, 11) is 0. The molecule has 3 heterocycles. The third-order valence-corrected chi connectivity index (χ3v) is 4.75. The molecule has 1 aliphatic heterocycles. The zero-order chi connectivity index (χ0) is 14.4. The first-order chi connectivity index (χ1) is 9.49. The molecule has 104 valence electrons. The van der Waals surface area contributed by atoms with Gasteiger partial charge in [-0.3, -0.25) is 4.79 Å². The molecular weight excluding hydrogens is 278 g/mol. The van der Waals surface area contributed by atoms with Crippen LogP contribution in [-0.4, -0.2) is 37.0 Å². The number of aromatic nitrogens is 4. The molecule has 7 nitrogen and oxygen atoms in total. The van der Waals surface area contributed by atoms with Crippen LogP contribution in [0.1, 0.15) is 28.3 Å². The van der Waals surface area contributed by atoms with Crippen LogP contribution in [0.2, 0.25) is 0 Å². The van der Waals surface area contributed by atoms with Crippen LogP contribution in [0.25, 0.3) is 0 Å². The van der Waals surface area contributed by atoms with Crippen molar-refractivity contribution >= 4 is 29.0 Å². The molecule has 2 aromatic heterocycles. The van der Waals surface area contributed by atoms with Crippen molar-refractivity contribution in [1.29, 1.82) is 0 Å². The Hall–Kier alpha value is -2.09. The first-order valence-electron chi connectivity index (χ1n) is 6.12. The van der Waals surface area contributed by atoms with E-state index in [1.54, 1.807) is 18.3 Å². The van der Waals surface area contributed by atoms with E-state index in [0.29, 0.717) is 11.7 Å². The Balaban J connectivity index is 2.19. The van der Waals surface area contributed by atoms with Crippen LogP contribution in [-0.2, 0) is 4.79 Å².